The first-order valence-electron chi connectivity index (χ1n) is 13.2. The molecule has 2 atom stereocenters. The number of nitrogens with one attached hydrogen (secondary N) is 2. The van der Waals surface area contributed by atoms with Crippen molar-refractivity contribution in [3.05, 3.63) is 161 Å². The summed E-state index contributed by atoms with van der Waals surface area (Å²) in [5, 5.41) is 6.85. The van der Waals surface area contributed by atoms with E-state index in [0.29, 0.717) is 33.6 Å². The van der Waals surface area contributed by atoms with Gasteiger partial charge < -0.3 is 20.1 Å². The standard InChI is InChI=1S/C34H26ClN3O3/c35-30-31(37-23-18-20-24(21-19-23)38-34(39)29-17-9-10-22-36-29)33(41-26-13-5-2-6-14-26)28-16-8-7-15-27(28)32(30)40-25-11-3-1-4-12-25/h1-22,32-33,37H,(H,38,39). The second-order valence-corrected chi connectivity index (χ2v) is 9.79. The molecule has 2 N–H and O–H groups in total. The zero-order valence-corrected chi connectivity index (χ0v) is 22.7. The Morgan fingerprint density at radius 2 is 1.17 bits per heavy atom. The minimum atomic E-state index is -0.537. The lowest BCUT2D eigenvalue weighted by atomic mass is 9.89. The van der Waals surface area contributed by atoms with Crippen LogP contribution in [0.1, 0.15) is 33.8 Å². The molecule has 0 fully saturated rings. The van der Waals surface area contributed by atoms with Crippen molar-refractivity contribution in [2.24, 2.45) is 0 Å². The van der Waals surface area contributed by atoms with Crippen LogP contribution in [0.5, 0.6) is 11.5 Å². The largest absolute Gasteiger partial charge is 0.480 e. The second kappa shape index (κ2) is 12.0. The summed E-state index contributed by atoms with van der Waals surface area (Å²) in [7, 11) is 0. The van der Waals surface area contributed by atoms with Crippen LogP contribution >= 0.6 is 11.6 Å². The number of rotatable bonds is 8. The number of hydrogen-bond acceptors (Lipinski definition) is 5. The molecule has 0 saturated carbocycles. The van der Waals surface area contributed by atoms with Crippen molar-refractivity contribution in [3.8, 4) is 11.5 Å². The quantitative estimate of drug-likeness (QED) is 0.201. The lowest BCUT2D eigenvalue weighted by Crippen LogP contribution is -2.27. The number of aromatic nitrogens is 1. The number of carbonyl (C=O) groups is 1. The number of ether oxygens (including phenoxy) is 2. The first-order valence-corrected chi connectivity index (χ1v) is 13.5. The minimum Gasteiger partial charge on any atom is -0.480 e. The van der Waals surface area contributed by atoms with Crippen molar-refractivity contribution in [2.75, 3.05) is 10.6 Å². The third-order valence-electron chi connectivity index (χ3n) is 6.62. The fourth-order valence-electron chi connectivity index (χ4n) is 4.66. The highest BCUT2D eigenvalue weighted by molar-refractivity contribution is 6.31. The van der Waals surface area contributed by atoms with Gasteiger partial charge in [-0.2, -0.15) is 0 Å². The van der Waals surface area contributed by atoms with Crippen molar-refractivity contribution >= 4 is 28.9 Å². The van der Waals surface area contributed by atoms with E-state index in [2.05, 4.69) is 15.6 Å². The van der Waals surface area contributed by atoms with Crippen molar-refractivity contribution < 1.29 is 14.3 Å². The first-order chi connectivity index (χ1) is 20.2. The Balaban J connectivity index is 1.32. The Hall–Kier alpha value is -5.07. The maximum Gasteiger partial charge on any atom is 0.274 e. The molecule has 1 amide bonds. The SMILES string of the molecule is O=C(Nc1ccc(NC2=C(Cl)C(Oc3ccccc3)c3ccccc3C2Oc2ccccc2)cc1)c1ccccn1. The van der Waals surface area contributed by atoms with Crippen molar-refractivity contribution in [3.63, 3.8) is 0 Å². The van der Waals surface area contributed by atoms with E-state index in [4.69, 9.17) is 21.1 Å². The van der Waals surface area contributed by atoms with E-state index in [9.17, 15) is 4.79 Å². The lowest BCUT2D eigenvalue weighted by Gasteiger charge is -2.34. The number of halogens is 1. The predicted molar refractivity (Wildman–Crippen MR) is 161 cm³/mol. The van der Waals surface area contributed by atoms with Gasteiger partial charge in [0, 0.05) is 28.7 Å². The Kier molecular flexibility index (Phi) is 7.65. The van der Waals surface area contributed by atoms with E-state index in [1.165, 1.54) is 0 Å². The fourth-order valence-corrected chi connectivity index (χ4v) is 4.97. The average Bonchev–Trinajstić information content (AvgIpc) is 3.03. The Morgan fingerprint density at radius 1 is 0.634 bits per heavy atom. The molecule has 6 rings (SSSR count). The van der Waals surface area contributed by atoms with Gasteiger partial charge in [-0.3, -0.25) is 9.78 Å². The van der Waals surface area contributed by atoms with Crippen LogP contribution in [-0.2, 0) is 0 Å². The summed E-state index contributed by atoms with van der Waals surface area (Å²) in [6.45, 7) is 0. The van der Waals surface area contributed by atoms with E-state index in [1.807, 2.05) is 109 Å². The van der Waals surface area contributed by atoms with Crippen LogP contribution < -0.4 is 20.1 Å². The highest BCUT2D eigenvalue weighted by Crippen LogP contribution is 2.46. The summed E-state index contributed by atoms with van der Waals surface area (Å²) in [4.78, 5) is 16.6. The summed E-state index contributed by atoms with van der Waals surface area (Å²) in [6, 6.07) is 39.9. The molecule has 0 saturated heterocycles. The van der Waals surface area contributed by atoms with Crippen LogP contribution in [0.4, 0.5) is 11.4 Å². The summed E-state index contributed by atoms with van der Waals surface area (Å²) in [5.41, 5.74) is 4.30. The molecule has 202 valence electrons. The van der Waals surface area contributed by atoms with Gasteiger partial charge in [0.05, 0.1) is 10.7 Å². The topological polar surface area (TPSA) is 72.5 Å². The number of benzene rings is 4. The maximum atomic E-state index is 12.5. The minimum absolute atomic E-state index is 0.279. The van der Waals surface area contributed by atoms with Gasteiger partial charge in [-0.1, -0.05) is 78.3 Å². The van der Waals surface area contributed by atoms with Crippen molar-refractivity contribution in [1.82, 2.24) is 4.98 Å². The molecule has 4 aromatic carbocycles. The Morgan fingerprint density at radius 3 is 1.78 bits per heavy atom. The van der Waals surface area contributed by atoms with E-state index in [0.717, 1.165) is 16.8 Å². The van der Waals surface area contributed by atoms with Gasteiger partial charge in [-0.05, 0) is 60.7 Å². The first kappa shape index (κ1) is 26.2. The van der Waals surface area contributed by atoms with E-state index in [1.54, 1.807) is 24.4 Å². The average molecular weight is 560 g/mol. The molecule has 5 aromatic rings. The normalized spacial score (nSPS) is 15.9. The number of para-hydroxylation sites is 2. The van der Waals surface area contributed by atoms with E-state index in [-0.39, 0.29) is 5.91 Å². The Labute approximate surface area is 243 Å². The van der Waals surface area contributed by atoms with Gasteiger partial charge in [0.25, 0.3) is 5.91 Å². The second-order valence-electron chi connectivity index (χ2n) is 9.38. The number of anilines is 2. The molecule has 6 nitrogen and oxygen atoms in total. The fraction of sp³-hybridized carbons (Fsp3) is 0.0588. The van der Waals surface area contributed by atoms with Crippen LogP contribution in [0.15, 0.2) is 144 Å². The maximum absolute atomic E-state index is 12.5. The molecular weight excluding hydrogens is 534 g/mol. The molecule has 0 radical (unpaired) electrons. The number of amides is 1. The van der Waals surface area contributed by atoms with Crippen LogP contribution in [0, 0.1) is 0 Å². The van der Waals surface area contributed by atoms with E-state index >= 15 is 0 Å². The molecule has 1 aliphatic carbocycles. The van der Waals surface area contributed by atoms with Crippen molar-refractivity contribution in [2.45, 2.75) is 12.2 Å². The predicted octanol–water partition coefficient (Wildman–Crippen LogP) is 8.15. The smallest absolute Gasteiger partial charge is 0.274 e. The molecular formula is C34H26ClN3O3. The third-order valence-corrected chi connectivity index (χ3v) is 7.03. The van der Waals surface area contributed by atoms with Crippen LogP contribution in [0.25, 0.3) is 0 Å². The lowest BCUT2D eigenvalue weighted by molar-refractivity contribution is 0.102. The molecule has 41 heavy (non-hydrogen) atoms. The van der Waals surface area contributed by atoms with Crippen molar-refractivity contribution in [1.29, 1.82) is 0 Å². The molecule has 1 heterocycles. The number of nitrogens with zero attached hydrogens (tertiary/aromatic N) is 1. The summed E-state index contributed by atoms with van der Waals surface area (Å²) < 4.78 is 13.0. The number of fused-ring (bicyclic) bond motifs is 1. The zero-order valence-electron chi connectivity index (χ0n) is 21.9. The van der Waals surface area contributed by atoms with Gasteiger partial charge >= 0.3 is 0 Å². The highest BCUT2D eigenvalue weighted by atomic mass is 35.5. The summed E-state index contributed by atoms with van der Waals surface area (Å²) >= 11 is 7.15. The van der Waals surface area contributed by atoms with Crippen LogP contribution in [0.2, 0.25) is 0 Å². The molecule has 2 unspecified atom stereocenters. The summed E-state index contributed by atoms with van der Waals surface area (Å²) in [6.07, 6.45) is 0.537. The summed E-state index contributed by atoms with van der Waals surface area (Å²) in [5.74, 6) is 1.14. The highest BCUT2D eigenvalue weighted by Gasteiger charge is 2.37. The number of carbonyl (C=O) groups excluding carboxylic acids is 1. The molecule has 7 heteroatoms. The molecule has 1 aromatic heterocycles. The molecule has 1 aliphatic rings. The van der Waals surface area contributed by atoms with Crippen LogP contribution in [0.3, 0.4) is 0 Å². The molecule has 0 aliphatic heterocycles. The molecule has 0 spiro atoms. The van der Waals surface area contributed by atoms with Gasteiger partial charge in [0.1, 0.15) is 17.2 Å². The third kappa shape index (κ3) is 5.93. The zero-order chi connectivity index (χ0) is 28.0. The number of hydrogen-bond donors (Lipinski definition) is 2. The van der Waals surface area contributed by atoms with Gasteiger partial charge in [0.2, 0.25) is 0 Å². The number of pyridine rings is 1. The van der Waals surface area contributed by atoms with Gasteiger partial charge in [-0.15, -0.1) is 0 Å². The van der Waals surface area contributed by atoms with Gasteiger partial charge in [0.15, 0.2) is 12.2 Å². The van der Waals surface area contributed by atoms with Crippen LogP contribution in [-0.4, -0.2) is 10.9 Å². The monoisotopic (exact) mass is 559 g/mol. The van der Waals surface area contributed by atoms with E-state index < -0.39 is 12.2 Å². The van der Waals surface area contributed by atoms with Gasteiger partial charge in [-0.25, -0.2) is 0 Å². The Bertz CT molecular complexity index is 1660. The molecule has 0 bridgehead atoms.